The summed E-state index contributed by atoms with van der Waals surface area (Å²) in [4.78, 5) is 11.9. The summed E-state index contributed by atoms with van der Waals surface area (Å²) in [6.45, 7) is 5.16. The zero-order chi connectivity index (χ0) is 14.1. The lowest BCUT2D eigenvalue weighted by atomic mass is 9.97. The van der Waals surface area contributed by atoms with E-state index in [9.17, 15) is 0 Å². The Balaban J connectivity index is 2.05. The predicted octanol–water partition coefficient (Wildman–Crippen LogP) is 2.64. The molecule has 3 rings (SSSR count). The van der Waals surface area contributed by atoms with E-state index in [2.05, 4.69) is 11.8 Å². The second-order valence-corrected chi connectivity index (χ2v) is 5.74. The Morgan fingerprint density at radius 3 is 2.60 bits per heavy atom. The average molecular weight is 270 g/mol. The van der Waals surface area contributed by atoms with Crippen LogP contribution in [0.2, 0.25) is 0 Å². The third-order valence-electron chi connectivity index (χ3n) is 4.15. The molecule has 0 saturated carbocycles. The van der Waals surface area contributed by atoms with Crippen molar-refractivity contribution >= 4 is 16.9 Å². The number of nitrogens with two attached hydrogens (primary N) is 1. The molecule has 1 aromatic carbocycles. The molecule has 4 nitrogen and oxygen atoms in total. The van der Waals surface area contributed by atoms with Gasteiger partial charge >= 0.3 is 0 Å². The van der Waals surface area contributed by atoms with E-state index < -0.39 is 0 Å². The molecule has 2 N–H and O–H groups in total. The molecule has 106 valence electrons. The summed E-state index contributed by atoms with van der Waals surface area (Å²) in [5, 5.41) is 0. The largest absolute Gasteiger partial charge is 0.351 e. The van der Waals surface area contributed by atoms with Crippen LogP contribution in [-0.2, 0) is 0 Å². The molecule has 1 aliphatic rings. The van der Waals surface area contributed by atoms with E-state index in [1.165, 1.54) is 12.8 Å². The maximum atomic E-state index is 6.17. The fraction of sp³-hybridized carbons (Fsp3) is 0.500. The number of rotatable bonds is 2. The summed E-state index contributed by atoms with van der Waals surface area (Å²) in [6.07, 6.45) is 3.60. The highest BCUT2D eigenvalue weighted by atomic mass is 15.2. The van der Waals surface area contributed by atoms with Gasteiger partial charge in [-0.25, -0.2) is 9.97 Å². The fourth-order valence-electron chi connectivity index (χ4n) is 3.12. The highest BCUT2D eigenvalue weighted by molar-refractivity contribution is 5.76. The second-order valence-electron chi connectivity index (χ2n) is 5.74. The van der Waals surface area contributed by atoms with Gasteiger partial charge in [-0.05, 0) is 45.2 Å². The van der Waals surface area contributed by atoms with Gasteiger partial charge in [0.05, 0.1) is 16.7 Å². The maximum Gasteiger partial charge on any atom is 0.151 e. The highest BCUT2D eigenvalue weighted by Crippen LogP contribution is 2.27. The lowest BCUT2D eigenvalue weighted by Crippen LogP contribution is -2.50. The molecule has 1 saturated heterocycles. The number of fused-ring (bicyclic) bond motifs is 1. The number of piperidine rings is 1. The van der Waals surface area contributed by atoms with Gasteiger partial charge in [0, 0.05) is 18.6 Å². The van der Waals surface area contributed by atoms with Gasteiger partial charge in [-0.15, -0.1) is 0 Å². The highest BCUT2D eigenvalue weighted by Gasteiger charge is 2.28. The summed E-state index contributed by atoms with van der Waals surface area (Å²) in [5.41, 5.74) is 9.09. The van der Waals surface area contributed by atoms with Gasteiger partial charge < -0.3 is 10.6 Å². The van der Waals surface area contributed by atoms with Crippen molar-refractivity contribution in [1.82, 2.24) is 9.97 Å². The van der Waals surface area contributed by atoms with Crippen LogP contribution < -0.4 is 10.6 Å². The van der Waals surface area contributed by atoms with Crippen molar-refractivity contribution in [3.8, 4) is 0 Å². The Labute approximate surface area is 120 Å². The lowest BCUT2D eigenvalue weighted by molar-refractivity contribution is 0.410. The van der Waals surface area contributed by atoms with Crippen molar-refractivity contribution < 1.29 is 0 Å². The first-order valence-electron chi connectivity index (χ1n) is 7.42. The van der Waals surface area contributed by atoms with Gasteiger partial charge in [0.25, 0.3) is 0 Å². The molecule has 0 radical (unpaired) electrons. The smallest absolute Gasteiger partial charge is 0.151 e. The Bertz CT molecular complexity index is 608. The van der Waals surface area contributed by atoms with Crippen LogP contribution in [0, 0.1) is 6.92 Å². The SMILES string of the molecule is Cc1nc2ccccc2nc1N1CCCCC1C(C)N. The van der Waals surface area contributed by atoms with E-state index in [0.29, 0.717) is 6.04 Å². The average Bonchev–Trinajstić information content (AvgIpc) is 2.46. The minimum absolute atomic E-state index is 0.156. The van der Waals surface area contributed by atoms with Crippen LogP contribution in [0.4, 0.5) is 5.82 Å². The zero-order valence-electron chi connectivity index (χ0n) is 12.2. The monoisotopic (exact) mass is 270 g/mol. The van der Waals surface area contributed by atoms with Crippen LogP contribution in [-0.4, -0.2) is 28.6 Å². The molecule has 0 bridgehead atoms. The third-order valence-corrected chi connectivity index (χ3v) is 4.15. The molecule has 1 fully saturated rings. The van der Waals surface area contributed by atoms with Gasteiger partial charge in [-0.2, -0.15) is 0 Å². The number of hydrogen-bond acceptors (Lipinski definition) is 4. The first kappa shape index (κ1) is 13.3. The first-order chi connectivity index (χ1) is 9.66. The Hall–Kier alpha value is -1.68. The van der Waals surface area contributed by atoms with E-state index in [-0.39, 0.29) is 6.04 Å². The standard InChI is InChI=1S/C16H22N4/c1-11(17)15-9-5-6-10-20(15)16-12(2)18-13-7-3-4-8-14(13)19-16/h3-4,7-8,11,15H,5-6,9-10,17H2,1-2H3. The molecule has 1 aromatic heterocycles. The molecule has 20 heavy (non-hydrogen) atoms. The second kappa shape index (κ2) is 5.37. The molecule has 1 aliphatic heterocycles. The van der Waals surface area contributed by atoms with E-state index in [1.807, 2.05) is 31.2 Å². The van der Waals surface area contributed by atoms with Crippen molar-refractivity contribution in [2.45, 2.75) is 45.2 Å². The normalized spacial score (nSPS) is 21.1. The van der Waals surface area contributed by atoms with Gasteiger partial charge in [0.2, 0.25) is 0 Å². The fourth-order valence-corrected chi connectivity index (χ4v) is 3.12. The van der Waals surface area contributed by atoms with Crippen molar-refractivity contribution in [3.05, 3.63) is 30.0 Å². The van der Waals surface area contributed by atoms with Crippen LogP contribution in [0.3, 0.4) is 0 Å². The number of para-hydroxylation sites is 2. The Morgan fingerprint density at radius 1 is 1.20 bits per heavy atom. The number of aromatic nitrogens is 2. The molecule has 4 heteroatoms. The molecule has 0 spiro atoms. The van der Waals surface area contributed by atoms with Crippen LogP contribution in [0.15, 0.2) is 24.3 Å². The molecular formula is C16H22N4. The molecule has 2 atom stereocenters. The van der Waals surface area contributed by atoms with Gasteiger partial charge in [-0.1, -0.05) is 12.1 Å². The van der Waals surface area contributed by atoms with Crippen LogP contribution in [0.5, 0.6) is 0 Å². The van der Waals surface area contributed by atoms with Crippen molar-refractivity contribution in [1.29, 1.82) is 0 Å². The summed E-state index contributed by atoms with van der Waals surface area (Å²) < 4.78 is 0. The maximum absolute atomic E-state index is 6.17. The molecule has 2 aromatic rings. The zero-order valence-corrected chi connectivity index (χ0v) is 12.2. The molecule has 0 amide bonds. The number of aryl methyl sites for hydroxylation is 1. The summed E-state index contributed by atoms with van der Waals surface area (Å²) >= 11 is 0. The number of anilines is 1. The van der Waals surface area contributed by atoms with Crippen molar-refractivity contribution in [2.24, 2.45) is 5.73 Å². The van der Waals surface area contributed by atoms with Gasteiger partial charge in [-0.3, -0.25) is 0 Å². The number of hydrogen-bond donors (Lipinski definition) is 1. The van der Waals surface area contributed by atoms with E-state index in [4.69, 9.17) is 15.7 Å². The Morgan fingerprint density at radius 2 is 1.90 bits per heavy atom. The predicted molar refractivity (Wildman–Crippen MR) is 82.9 cm³/mol. The third kappa shape index (κ3) is 2.36. The van der Waals surface area contributed by atoms with Crippen molar-refractivity contribution in [3.63, 3.8) is 0 Å². The Kier molecular flexibility index (Phi) is 3.57. The minimum atomic E-state index is 0.156. The minimum Gasteiger partial charge on any atom is -0.351 e. The molecule has 2 unspecified atom stereocenters. The van der Waals surface area contributed by atoms with Gasteiger partial charge in [0.1, 0.15) is 0 Å². The molecule has 2 heterocycles. The lowest BCUT2D eigenvalue weighted by Gasteiger charge is -2.39. The quantitative estimate of drug-likeness (QED) is 0.911. The number of benzene rings is 1. The topological polar surface area (TPSA) is 55.0 Å². The van der Waals surface area contributed by atoms with Crippen LogP contribution in [0.25, 0.3) is 11.0 Å². The van der Waals surface area contributed by atoms with E-state index >= 15 is 0 Å². The van der Waals surface area contributed by atoms with Crippen LogP contribution in [0.1, 0.15) is 31.9 Å². The van der Waals surface area contributed by atoms with E-state index in [0.717, 1.165) is 35.5 Å². The first-order valence-corrected chi connectivity index (χ1v) is 7.42. The van der Waals surface area contributed by atoms with E-state index in [1.54, 1.807) is 0 Å². The summed E-state index contributed by atoms with van der Waals surface area (Å²) in [7, 11) is 0. The molecule has 0 aliphatic carbocycles. The number of nitrogens with zero attached hydrogens (tertiary/aromatic N) is 3. The van der Waals surface area contributed by atoms with Gasteiger partial charge in [0.15, 0.2) is 5.82 Å². The summed E-state index contributed by atoms with van der Waals surface area (Å²) in [5.74, 6) is 1.01. The van der Waals surface area contributed by atoms with Crippen LogP contribution >= 0.6 is 0 Å². The summed E-state index contributed by atoms with van der Waals surface area (Å²) in [6, 6.07) is 8.58. The molecular weight excluding hydrogens is 248 g/mol. The van der Waals surface area contributed by atoms with Crippen molar-refractivity contribution in [2.75, 3.05) is 11.4 Å².